The molecule has 10 nitrogen and oxygen atoms in total. The summed E-state index contributed by atoms with van der Waals surface area (Å²) in [5.74, 6) is 0.653. The van der Waals surface area contributed by atoms with E-state index in [0.717, 1.165) is 12.0 Å². The summed E-state index contributed by atoms with van der Waals surface area (Å²) in [5.41, 5.74) is 6.55. The van der Waals surface area contributed by atoms with Crippen LogP contribution < -0.4 is 36.7 Å². The van der Waals surface area contributed by atoms with Crippen LogP contribution in [0, 0.1) is 0 Å². The number of unbranched alkanes of at least 4 members (excludes halogenated alkanes) is 1. The second-order valence-electron chi connectivity index (χ2n) is 7.96. The Labute approximate surface area is 203 Å². The molecule has 0 aliphatic carbocycles. The third kappa shape index (κ3) is 6.23. The molecular weight excluding hydrogens is 450 g/mol. The Balaban J connectivity index is 1.95. The number of nitrogens with two attached hydrogens (primary N) is 1. The molecule has 0 fully saturated rings. The number of aromatic amines is 1. The van der Waals surface area contributed by atoms with E-state index in [1.165, 1.54) is 18.8 Å². The molecule has 0 radical (unpaired) electrons. The lowest BCUT2D eigenvalue weighted by molar-refractivity contribution is -0.115. The first-order valence-electron chi connectivity index (χ1n) is 11.3. The van der Waals surface area contributed by atoms with Crippen molar-refractivity contribution in [2.24, 2.45) is 0 Å². The number of carbonyl (C=O) groups excluding carboxylic acids is 1. The van der Waals surface area contributed by atoms with E-state index in [0.29, 0.717) is 30.2 Å². The smallest absolute Gasteiger partial charge is 0.330 e. The van der Waals surface area contributed by atoms with Gasteiger partial charge < -0.3 is 25.4 Å². The van der Waals surface area contributed by atoms with E-state index in [1.807, 2.05) is 37.3 Å². The van der Waals surface area contributed by atoms with Gasteiger partial charge in [0.25, 0.3) is 5.56 Å². The molecule has 0 saturated carbocycles. The first-order valence-corrected chi connectivity index (χ1v) is 11.3. The molecule has 1 amide bonds. The van der Waals surface area contributed by atoms with Gasteiger partial charge in [-0.1, -0.05) is 43.7 Å². The lowest BCUT2D eigenvalue weighted by atomic mass is 10.2. The number of carbonyl (C=O) groups is 1. The minimum atomic E-state index is -0.643. The van der Waals surface area contributed by atoms with E-state index in [2.05, 4.69) is 10.3 Å². The third-order valence-corrected chi connectivity index (χ3v) is 5.48. The fraction of sp³-hybridized carbons (Fsp3) is 0.320. The van der Waals surface area contributed by atoms with Crippen molar-refractivity contribution in [3.63, 3.8) is 0 Å². The largest absolute Gasteiger partial charge is 0.493 e. The maximum Gasteiger partial charge on any atom is 0.330 e. The molecule has 0 aliphatic heterocycles. The van der Waals surface area contributed by atoms with Gasteiger partial charge in [0, 0.05) is 24.8 Å². The van der Waals surface area contributed by atoms with Crippen LogP contribution in [0.2, 0.25) is 0 Å². The van der Waals surface area contributed by atoms with Gasteiger partial charge in [-0.05, 0) is 24.1 Å². The van der Waals surface area contributed by atoms with Gasteiger partial charge in [-0.25, -0.2) is 4.79 Å². The number of methoxy groups -OCH3 is 2. The highest BCUT2D eigenvalue weighted by atomic mass is 16.5. The molecule has 3 aromatic rings. The number of benzene rings is 2. The highest BCUT2D eigenvalue weighted by molar-refractivity contribution is 5.94. The van der Waals surface area contributed by atoms with Crippen LogP contribution in [0.3, 0.4) is 0 Å². The summed E-state index contributed by atoms with van der Waals surface area (Å²) in [6.45, 7) is 2.41. The zero-order chi connectivity index (χ0) is 25.4. The minimum Gasteiger partial charge on any atom is -0.493 e. The zero-order valence-corrected chi connectivity index (χ0v) is 20.2. The Morgan fingerprint density at radius 1 is 1.09 bits per heavy atom. The molecule has 1 aromatic heterocycles. The molecule has 35 heavy (non-hydrogen) atoms. The number of rotatable bonds is 11. The number of ether oxygens (including phenoxy) is 2. The Morgan fingerprint density at radius 2 is 1.80 bits per heavy atom. The van der Waals surface area contributed by atoms with Gasteiger partial charge in [0.15, 0.2) is 11.5 Å². The van der Waals surface area contributed by atoms with Crippen molar-refractivity contribution in [1.82, 2.24) is 9.55 Å². The van der Waals surface area contributed by atoms with Crippen molar-refractivity contribution in [2.45, 2.75) is 32.9 Å². The number of nitrogens with zero attached hydrogens (tertiary/aromatic N) is 2. The number of hydrogen-bond donors (Lipinski definition) is 3. The second kappa shape index (κ2) is 11.8. The normalized spacial score (nSPS) is 10.6. The van der Waals surface area contributed by atoms with E-state index in [-0.39, 0.29) is 30.5 Å². The fourth-order valence-corrected chi connectivity index (χ4v) is 3.73. The van der Waals surface area contributed by atoms with Crippen molar-refractivity contribution in [1.29, 1.82) is 0 Å². The second-order valence-corrected chi connectivity index (χ2v) is 7.96. The quantitative estimate of drug-likeness (QED) is 0.383. The van der Waals surface area contributed by atoms with E-state index < -0.39 is 11.2 Å². The van der Waals surface area contributed by atoms with Crippen molar-refractivity contribution < 1.29 is 14.3 Å². The van der Waals surface area contributed by atoms with Crippen LogP contribution in [0.5, 0.6) is 11.5 Å². The van der Waals surface area contributed by atoms with Crippen LogP contribution in [-0.4, -0.2) is 36.2 Å². The van der Waals surface area contributed by atoms with Gasteiger partial charge >= 0.3 is 5.69 Å². The van der Waals surface area contributed by atoms with Gasteiger partial charge in [-0.2, -0.15) is 0 Å². The number of H-pyrrole nitrogens is 1. The van der Waals surface area contributed by atoms with Gasteiger partial charge in [0.05, 0.1) is 20.8 Å². The summed E-state index contributed by atoms with van der Waals surface area (Å²) in [7, 11) is 3.03. The van der Waals surface area contributed by atoms with Crippen molar-refractivity contribution in [3.8, 4) is 11.5 Å². The summed E-state index contributed by atoms with van der Waals surface area (Å²) < 4.78 is 11.9. The number of aromatic nitrogens is 2. The predicted molar refractivity (Wildman–Crippen MR) is 136 cm³/mol. The summed E-state index contributed by atoms with van der Waals surface area (Å²) in [4.78, 5) is 42.2. The highest BCUT2D eigenvalue weighted by Crippen LogP contribution is 2.29. The zero-order valence-electron chi connectivity index (χ0n) is 20.2. The van der Waals surface area contributed by atoms with Crippen LogP contribution >= 0.6 is 0 Å². The average molecular weight is 482 g/mol. The molecule has 186 valence electrons. The Bertz CT molecular complexity index is 1270. The Hall–Kier alpha value is -4.21. The summed E-state index contributed by atoms with van der Waals surface area (Å²) in [6, 6.07) is 14.4. The number of amides is 1. The standard InChI is InChI=1S/C25H31N5O5/c1-4-5-13-30-23(26)22(24(32)28-25(30)33)29(15-17-9-7-6-8-10-17)16-21(31)27-18-11-12-19(34-2)20(14-18)35-3/h6-12,14H,4-5,13,15-16,26H2,1-3H3,(H,27,31)(H,28,32,33). The van der Waals surface area contributed by atoms with Crippen LogP contribution in [-0.2, 0) is 17.9 Å². The lowest BCUT2D eigenvalue weighted by Gasteiger charge is -2.26. The molecule has 2 aromatic carbocycles. The van der Waals surface area contributed by atoms with Crippen molar-refractivity contribution in [3.05, 3.63) is 74.9 Å². The van der Waals surface area contributed by atoms with Crippen LogP contribution in [0.25, 0.3) is 0 Å². The molecule has 0 spiro atoms. The minimum absolute atomic E-state index is 0.0297. The molecule has 0 bridgehead atoms. The number of anilines is 3. The summed E-state index contributed by atoms with van der Waals surface area (Å²) in [6.07, 6.45) is 1.57. The van der Waals surface area contributed by atoms with Crippen LogP contribution in [0.15, 0.2) is 58.1 Å². The van der Waals surface area contributed by atoms with Gasteiger partial charge in [0.2, 0.25) is 5.91 Å². The predicted octanol–water partition coefficient (Wildman–Crippen LogP) is 2.58. The molecule has 0 saturated heterocycles. The highest BCUT2D eigenvalue weighted by Gasteiger charge is 2.22. The summed E-state index contributed by atoms with van der Waals surface area (Å²) >= 11 is 0. The SMILES string of the molecule is CCCCn1c(N)c(N(CC(=O)Nc2ccc(OC)c(OC)c2)Cc2ccccc2)c(=O)[nH]c1=O. The maximum absolute atomic E-state index is 13.0. The number of hydrogen-bond acceptors (Lipinski definition) is 7. The van der Waals surface area contributed by atoms with Gasteiger partial charge in [-0.15, -0.1) is 0 Å². The topological polar surface area (TPSA) is 132 Å². The lowest BCUT2D eigenvalue weighted by Crippen LogP contribution is -2.41. The molecule has 3 rings (SSSR count). The van der Waals surface area contributed by atoms with Gasteiger partial charge in [0.1, 0.15) is 11.5 Å². The molecule has 4 N–H and O–H groups in total. The Morgan fingerprint density at radius 3 is 2.46 bits per heavy atom. The van der Waals surface area contributed by atoms with Crippen LogP contribution in [0.1, 0.15) is 25.3 Å². The molecule has 1 heterocycles. The molecule has 0 unspecified atom stereocenters. The number of nitrogen functional groups attached to an aromatic ring is 1. The molecular formula is C25H31N5O5. The average Bonchev–Trinajstić information content (AvgIpc) is 2.84. The number of nitrogens with one attached hydrogen (secondary N) is 2. The van der Waals surface area contributed by atoms with E-state index >= 15 is 0 Å². The fourth-order valence-electron chi connectivity index (χ4n) is 3.73. The Kier molecular flexibility index (Phi) is 8.55. The molecule has 0 aliphatic rings. The first-order chi connectivity index (χ1) is 16.9. The molecule has 10 heteroatoms. The van der Waals surface area contributed by atoms with E-state index in [1.54, 1.807) is 23.1 Å². The third-order valence-electron chi connectivity index (χ3n) is 5.48. The molecule has 0 atom stereocenters. The van der Waals surface area contributed by atoms with Crippen LogP contribution in [0.4, 0.5) is 17.2 Å². The van der Waals surface area contributed by atoms with E-state index in [9.17, 15) is 14.4 Å². The van der Waals surface area contributed by atoms with Crippen molar-refractivity contribution in [2.75, 3.05) is 36.7 Å². The monoisotopic (exact) mass is 481 g/mol. The first kappa shape index (κ1) is 25.4. The van der Waals surface area contributed by atoms with Crippen molar-refractivity contribution >= 4 is 23.1 Å². The van der Waals surface area contributed by atoms with E-state index in [4.69, 9.17) is 15.2 Å². The summed E-state index contributed by atoms with van der Waals surface area (Å²) in [5, 5.41) is 2.82. The van der Waals surface area contributed by atoms with Gasteiger partial charge in [-0.3, -0.25) is 19.1 Å². The maximum atomic E-state index is 13.0.